The van der Waals surface area contributed by atoms with Crippen LogP contribution in [-0.2, 0) is 4.74 Å². The van der Waals surface area contributed by atoms with E-state index in [2.05, 4.69) is 26.8 Å². The Kier molecular flexibility index (Phi) is 5.27. The molecule has 5 N–H and O–H groups in total. The largest absolute Gasteiger partial charge is 0.383 e. The van der Waals surface area contributed by atoms with E-state index < -0.39 is 28.9 Å². The molecule has 2 aliphatic heterocycles. The van der Waals surface area contributed by atoms with E-state index in [9.17, 15) is 19.8 Å². The summed E-state index contributed by atoms with van der Waals surface area (Å²) in [6.07, 6.45) is 1.63. The normalized spacial score (nSPS) is 29.1. The number of aromatic nitrogens is 4. The van der Waals surface area contributed by atoms with Gasteiger partial charge in [-0.3, -0.25) is 19.1 Å². The summed E-state index contributed by atoms with van der Waals surface area (Å²) in [7, 11) is 0. The van der Waals surface area contributed by atoms with Crippen molar-refractivity contribution in [3.63, 3.8) is 0 Å². The number of nitrogens with two attached hydrogens (primary N) is 1. The second kappa shape index (κ2) is 8.14. The summed E-state index contributed by atoms with van der Waals surface area (Å²) >= 11 is 0. The van der Waals surface area contributed by atoms with Crippen LogP contribution < -0.4 is 11.1 Å². The first-order valence-corrected chi connectivity index (χ1v) is 12.4. The molecule has 1 aliphatic carbocycles. The zero-order valence-electron chi connectivity index (χ0n) is 21.1. The molecule has 1 saturated carbocycles. The third-order valence-electron chi connectivity index (χ3n) is 8.43. The van der Waals surface area contributed by atoms with Gasteiger partial charge in [0.25, 0.3) is 11.8 Å². The second-order valence-electron chi connectivity index (χ2n) is 10.7. The highest BCUT2D eigenvalue weighted by molar-refractivity contribution is 6.21. The SMILES string of the molecule is C=C(CCNC[C@H]1O[C@@H](n2cnc3c(N)ncnc32)[C@]2(O)C(C)(C)[C@]12O)CN1C(=O)c2ccccc2C1=O. The Hall–Kier alpha value is -3.71. The number of nitrogens with zero attached hydrogens (tertiary/aromatic N) is 5. The van der Waals surface area contributed by atoms with Gasteiger partial charge in [-0.25, -0.2) is 15.0 Å². The van der Waals surface area contributed by atoms with Gasteiger partial charge >= 0.3 is 0 Å². The topological polar surface area (TPSA) is 169 Å². The van der Waals surface area contributed by atoms with Crippen molar-refractivity contribution in [1.29, 1.82) is 0 Å². The average Bonchev–Trinajstić information content (AvgIpc) is 3.33. The van der Waals surface area contributed by atoms with E-state index >= 15 is 0 Å². The van der Waals surface area contributed by atoms with Crippen LogP contribution in [0, 0.1) is 5.41 Å². The Labute approximate surface area is 218 Å². The Balaban J connectivity index is 1.09. The molecule has 3 aliphatic rings. The Morgan fingerprint density at radius 3 is 2.50 bits per heavy atom. The highest BCUT2D eigenvalue weighted by Crippen LogP contribution is 2.75. The van der Waals surface area contributed by atoms with Gasteiger partial charge in [-0.1, -0.05) is 38.1 Å². The molecule has 3 aromatic rings. The number of carbonyl (C=O) groups excluding carboxylic acids is 2. The molecule has 12 heteroatoms. The molecule has 12 nitrogen and oxygen atoms in total. The van der Waals surface area contributed by atoms with Crippen molar-refractivity contribution >= 4 is 28.8 Å². The summed E-state index contributed by atoms with van der Waals surface area (Å²) < 4.78 is 7.76. The van der Waals surface area contributed by atoms with E-state index in [4.69, 9.17) is 10.5 Å². The summed E-state index contributed by atoms with van der Waals surface area (Å²) in [5, 5.41) is 26.4. The van der Waals surface area contributed by atoms with Gasteiger partial charge in [-0.15, -0.1) is 0 Å². The van der Waals surface area contributed by atoms with Crippen molar-refractivity contribution in [2.75, 3.05) is 25.4 Å². The number of imidazole rings is 1. The van der Waals surface area contributed by atoms with Gasteiger partial charge in [0.05, 0.1) is 24.0 Å². The number of amides is 2. The fourth-order valence-electron chi connectivity index (χ4n) is 6.08. The Morgan fingerprint density at radius 2 is 1.82 bits per heavy atom. The van der Waals surface area contributed by atoms with E-state index in [0.717, 1.165) is 0 Å². The maximum Gasteiger partial charge on any atom is 0.261 e. The minimum atomic E-state index is -1.57. The number of hydrogen-bond donors (Lipinski definition) is 4. The summed E-state index contributed by atoms with van der Waals surface area (Å²) in [6, 6.07) is 6.76. The van der Waals surface area contributed by atoms with E-state index in [1.54, 1.807) is 42.7 Å². The predicted octanol–water partition coefficient (Wildman–Crippen LogP) is 0.640. The monoisotopic (exact) mass is 519 g/mol. The molecule has 1 saturated heterocycles. The third-order valence-corrected chi connectivity index (χ3v) is 8.43. The lowest BCUT2D eigenvalue weighted by atomic mass is 10.0. The number of nitrogens with one attached hydrogen (secondary N) is 1. The maximum atomic E-state index is 12.6. The molecule has 2 fully saturated rings. The van der Waals surface area contributed by atoms with Crippen LogP contribution in [0.5, 0.6) is 0 Å². The molecule has 4 heterocycles. The van der Waals surface area contributed by atoms with Crippen molar-refractivity contribution in [2.45, 2.75) is 43.8 Å². The minimum absolute atomic E-state index is 0.130. The summed E-state index contributed by atoms with van der Waals surface area (Å²) in [4.78, 5) is 38.9. The standard InChI is InChI=1S/C26H29N7O5/c1-14(11-32-21(34)15-6-4-5-7-16(15)22(32)35)8-9-28-10-17-25(36)24(2,3)26(25,37)23(38-17)33-13-31-18-19(27)29-12-30-20(18)33/h4-7,12-13,17,23,28,36-37H,1,8-11H2,2-3H3,(H2,27,29,30)/t17-,23-,25-,26+/m1/s1. The molecule has 38 heavy (non-hydrogen) atoms. The molecule has 0 unspecified atom stereocenters. The maximum absolute atomic E-state index is 12.6. The number of carbonyl (C=O) groups is 2. The number of aliphatic hydroxyl groups is 2. The molecular weight excluding hydrogens is 490 g/mol. The lowest BCUT2D eigenvalue weighted by Crippen LogP contribution is -2.41. The number of nitrogen functional groups attached to an aromatic ring is 1. The number of imide groups is 1. The number of anilines is 1. The van der Waals surface area contributed by atoms with Gasteiger partial charge < -0.3 is 26.0 Å². The molecule has 2 amide bonds. The number of benzene rings is 1. The van der Waals surface area contributed by atoms with Crippen molar-refractivity contribution in [2.24, 2.45) is 5.41 Å². The third kappa shape index (κ3) is 3.02. The van der Waals surface area contributed by atoms with Gasteiger partial charge in [0.1, 0.15) is 29.2 Å². The molecule has 4 atom stereocenters. The van der Waals surface area contributed by atoms with Gasteiger partial charge in [0, 0.05) is 12.0 Å². The van der Waals surface area contributed by atoms with Crippen LogP contribution >= 0.6 is 0 Å². The van der Waals surface area contributed by atoms with E-state index in [1.807, 2.05) is 0 Å². The first-order valence-electron chi connectivity index (χ1n) is 12.4. The Morgan fingerprint density at radius 1 is 1.13 bits per heavy atom. The Bertz CT molecular complexity index is 1470. The smallest absolute Gasteiger partial charge is 0.261 e. The highest BCUT2D eigenvalue weighted by atomic mass is 16.6. The number of hydrogen-bond acceptors (Lipinski definition) is 10. The number of rotatable bonds is 8. The molecule has 0 spiro atoms. The highest BCUT2D eigenvalue weighted by Gasteiger charge is 2.92. The fraction of sp³-hybridized carbons (Fsp3) is 0.423. The predicted molar refractivity (Wildman–Crippen MR) is 136 cm³/mol. The molecule has 198 valence electrons. The number of fused-ring (bicyclic) bond motifs is 3. The number of ether oxygens (including phenoxy) is 1. The molecular formula is C26H29N7O5. The van der Waals surface area contributed by atoms with E-state index in [-0.39, 0.29) is 30.7 Å². The summed E-state index contributed by atoms with van der Waals surface area (Å²) in [5.74, 6) is -0.424. The van der Waals surface area contributed by atoms with Crippen LogP contribution in [0.25, 0.3) is 11.2 Å². The van der Waals surface area contributed by atoms with Crippen LogP contribution in [-0.4, -0.2) is 83.4 Å². The van der Waals surface area contributed by atoms with E-state index in [1.165, 1.54) is 17.6 Å². The van der Waals surface area contributed by atoms with Gasteiger partial charge in [-0.2, -0.15) is 0 Å². The van der Waals surface area contributed by atoms with Crippen LogP contribution in [0.2, 0.25) is 0 Å². The average molecular weight is 520 g/mol. The van der Waals surface area contributed by atoms with E-state index in [0.29, 0.717) is 40.8 Å². The van der Waals surface area contributed by atoms with Crippen LogP contribution in [0.3, 0.4) is 0 Å². The first-order chi connectivity index (χ1) is 18.0. The van der Waals surface area contributed by atoms with Gasteiger partial charge in [-0.05, 0) is 25.1 Å². The van der Waals surface area contributed by atoms with Crippen LogP contribution in [0.4, 0.5) is 5.82 Å². The zero-order valence-corrected chi connectivity index (χ0v) is 21.1. The fourth-order valence-corrected chi connectivity index (χ4v) is 6.08. The zero-order chi connectivity index (χ0) is 27.0. The van der Waals surface area contributed by atoms with Crippen molar-refractivity contribution in [3.05, 3.63) is 60.2 Å². The summed E-state index contributed by atoms with van der Waals surface area (Å²) in [5.41, 5.74) is 4.28. The van der Waals surface area contributed by atoms with Gasteiger partial charge in [0.2, 0.25) is 0 Å². The second-order valence-corrected chi connectivity index (χ2v) is 10.7. The summed E-state index contributed by atoms with van der Waals surface area (Å²) in [6.45, 7) is 8.47. The van der Waals surface area contributed by atoms with Crippen LogP contribution in [0.15, 0.2) is 49.1 Å². The lowest BCUT2D eigenvalue weighted by Gasteiger charge is -2.28. The first kappa shape index (κ1) is 24.6. The molecule has 0 radical (unpaired) electrons. The molecule has 6 rings (SSSR count). The van der Waals surface area contributed by atoms with Crippen molar-refractivity contribution in [1.82, 2.24) is 29.7 Å². The molecule has 2 aromatic heterocycles. The quantitative estimate of drug-likeness (QED) is 0.188. The minimum Gasteiger partial charge on any atom is -0.383 e. The van der Waals surface area contributed by atoms with Crippen LogP contribution in [0.1, 0.15) is 47.2 Å². The van der Waals surface area contributed by atoms with Gasteiger partial charge in [0.15, 0.2) is 17.7 Å². The molecule has 1 aromatic carbocycles. The van der Waals surface area contributed by atoms with Crippen molar-refractivity contribution < 1.29 is 24.5 Å². The molecule has 0 bridgehead atoms. The van der Waals surface area contributed by atoms with Crippen molar-refractivity contribution in [3.8, 4) is 0 Å². The lowest BCUT2D eigenvalue weighted by molar-refractivity contribution is -0.109.